The van der Waals surface area contributed by atoms with Crippen LogP contribution < -0.4 is 4.90 Å². The fourth-order valence-electron chi connectivity index (χ4n) is 8.87. The highest BCUT2D eigenvalue weighted by Gasteiger charge is 2.32. The number of allylic oxidation sites excluding steroid dienone is 2. The Hall–Kier alpha value is -6.68. The lowest BCUT2D eigenvalue weighted by Crippen LogP contribution is -2.42. The Morgan fingerprint density at radius 1 is 0.500 bits per heavy atom. The molecule has 1 unspecified atom stereocenters. The highest BCUT2D eigenvalue weighted by Crippen LogP contribution is 2.44. The molecule has 0 aliphatic heterocycles. The summed E-state index contributed by atoms with van der Waals surface area (Å²) in [6.45, 7) is 2.37. The predicted molar refractivity (Wildman–Crippen MR) is 242 cm³/mol. The van der Waals surface area contributed by atoms with E-state index in [0.29, 0.717) is 0 Å². The van der Waals surface area contributed by atoms with Crippen molar-refractivity contribution in [2.75, 3.05) is 4.90 Å². The maximum absolute atomic E-state index is 2.54. The van der Waals surface area contributed by atoms with Crippen LogP contribution in [-0.2, 0) is 0 Å². The van der Waals surface area contributed by atoms with E-state index in [4.69, 9.17) is 0 Å². The van der Waals surface area contributed by atoms with Crippen LogP contribution in [0, 0.1) is 0 Å². The number of thiophene rings is 1. The minimum atomic E-state index is -0.275. The Kier molecular flexibility index (Phi) is 7.58. The van der Waals surface area contributed by atoms with Gasteiger partial charge in [-0.15, -0.1) is 11.3 Å². The quantitative estimate of drug-likeness (QED) is 0.165. The smallest absolute Gasteiger partial charge is 0.0643 e. The minimum absolute atomic E-state index is 0.275. The number of hydrogen-bond donors (Lipinski definition) is 0. The van der Waals surface area contributed by atoms with Crippen LogP contribution in [0.4, 0.5) is 11.4 Å². The van der Waals surface area contributed by atoms with Crippen LogP contribution in [0.15, 0.2) is 200 Å². The second-order valence-electron chi connectivity index (χ2n) is 15.2. The number of aromatic nitrogens is 1. The van der Waals surface area contributed by atoms with Gasteiger partial charge in [0.1, 0.15) is 0 Å². The normalized spacial score (nSPS) is 15.6. The summed E-state index contributed by atoms with van der Waals surface area (Å²) in [5.41, 5.74) is 10.6. The molecule has 1 aliphatic carbocycles. The van der Waals surface area contributed by atoms with Crippen molar-refractivity contribution >= 4 is 81.0 Å². The molecule has 11 rings (SSSR count). The summed E-state index contributed by atoms with van der Waals surface area (Å²) in [6, 6.07) is 66.8. The van der Waals surface area contributed by atoms with Crippen molar-refractivity contribution in [2.45, 2.75) is 18.9 Å². The Balaban J connectivity index is 1.00. The molecule has 2 aromatic heterocycles. The Morgan fingerprint density at radius 2 is 1.20 bits per heavy atom. The molecule has 0 saturated carbocycles. The number of hydrogen-bond acceptors (Lipinski definition) is 2. The van der Waals surface area contributed by atoms with Crippen molar-refractivity contribution in [3.8, 4) is 16.8 Å². The Bertz CT molecular complexity index is 3180. The molecule has 0 spiro atoms. The van der Waals surface area contributed by atoms with Crippen LogP contribution in [0.25, 0.3) is 75.1 Å². The Morgan fingerprint density at radius 3 is 2.04 bits per heavy atom. The lowest BCUT2D eigenvalue weighted by molar-refractivity contribution is 0.571. The molecule has 2 nitrogen and oxygen atoms in total. The third-order valence-corrected chi connectivity index (χ3v) is 12.9. The summed E-state index contributed by atoms with van der Waals surface area (Å²) in [6.07, 6.45) is 8.00. The predicted octanol–water partition coefficient (Wildman–Crippen LogP) is 14.9. The van der Waals surface area contributed by atoms with Crippen LogP contribution in [-0.4, -0.2) is 10.1 Å². The molecule has 3 heteroatoms. The van der Waals surface area contributed by atoms with Gasteiger partial charge in [-0.1, -0.05) is 133 Å². The monoisotopic (exact) mass is 734 g/mol. The number of nitrogens with zero attached hydrogens (tertiary/aromatic N) is 2. The first-order valence-electron chi connectivity index (χ1n) is 19.4. The lowest BCUT2D eigenvalue weighted by Gasteiger charge is -2.42. The van der Waals surface area contributed by atoms with E-state index in [1.807, 2.05) is 11.3 Å². The molecule has 266 valence electrons. The first-order valence-corrected chi connectivity index (χ1v) is 20.2. The van der Waals surface area contributed by atoms with Gasteiger partial charge in [0, 0.05) is 48.0 Å². The third-order valence-electron chi connectivity index (χ3n) is 11.7. The van der Waals surface area contributed by atoms with E-state index in [2.05, 4.69) is 217 Å². The van der Waals surface area contributed by atoms with Gasteiger partial charge in [0.25, 0.3) is 0 Å². The standard InChI is InChI=1S/C53H38N2S/c1-53(31-29-39(30-32-53)36-11-3-2-4-12-36)55(44-26-28-52-48(35-44)46-16-8-10-18-51(46)56-52)42-23-19-38(20-24-42)41-22-27-50-47(34-41)45-15-7-9-17-49(45)54(50)43-25-21-37-13-5-6-14-40(37)33-43/h2-31,33-35H,32H2,1H3. The molecule has 8 aromatic carbocycles. The number of benzene rings is 8. The molecular formula is C53H38N2S. The van der Waals surface area contributed by atoms with Gasteiger partial charge in [0.15, 0.2) is 0 Å². The van der Waals surface area contributed by atoms with Gasteiger partial charge in [0.2, 0.25) is 0 Å². The van der Waals surface area contributed by atoms with Crippen molar-refractivity contribution in [1.29, 1.82) is 0 Å². The maximum atomic E-state index is 2.54. The summed E-state index contributed by atoms with van der Waals surface area (Å²) in [7, 11) is 0. The lowest BCUT2D eigenvalue weighted by atomic mass is 9.85. The van der Waals surface area contributed by atoms with Gasteiger partial charge in [0.05, 0.1) is 16.6 Å². The molecule has 1 atom stereocenters. The van der Waals surface area contributed by atoms with Crippen LogP contribution in [0.3, 0.4) is 0 Å². The van der Waals surface area contributed by atoms with E-state index in [9.17, 15) is 0 Å². The molecule has 0 N–H and O–H groups in total. The van der Waals surface area contributed by atoms with Gasteiger partial charge in [-0.25, -0.2) is 0 Å². The zero-order chi connectivity index (χ0) is 37.2. The number of anilines is 2. The van der Waals surface area contributed by atoms with E-state index in [1.54, 1.807) is 0 Å². The fraction of sp³-hybridized carbons (Fsp3) is 0.0566. The topological polar surface area (TPSA) is 8.17 Å². The fourth-order valence-corrected chi connectivity index (χ4v) is 9.96. The van der Waals surface area contributed by atoms with Crippen molar-refractivity contribution in [2.24, 2.45) is 0 Å². The first-order chi connectivity index (χ1) is 27.6. The summed E-state index contributed by atoms with van der Waals surface area (Å²) in [4.78, 5) is 2.54. The van der Waals surface area contributed by atoms with Crippen molar-refractivity contribution in [3.63, 3.8) is 0 Å². The van der Waals surface area contributed by atoms with Crippen LogP contribution in [0.2, 0.25) is 0 Å². The van der Waals surface area contributed by atoms with Crippen molar-refractivity contribution < 1.29 is 0 Å². The van der Waals surface area contributed by atoms with Crippen LogP contribution in [0.1, 0.15) is 18.9 Å². The van der Waals surface area contributed by atoms with E-state index < -0.39 is 0 Å². The van der Waals surface area contributed by atoms with Crippen molar-refractivity contribution in [3.05, 3.63) is 206 Å². The van der Waals surface area contributed by atoms with E-state index in [0.717, 1.165) is 6.42 Å². The van der Waals surface area contributed by atoms with Gasteiger partial charge < -0.3 is 9.47 Å². The molecule has 1 aliphatic rings. The molecule has 2 heterocycles. The van der Waals surface area contributed by atoms with Crippen LogP contribution in [0.5, 0.6) is 0 Å². The van der Waals surface area contributed by atoms with E-state index in [1.165, 1.54) is 92.1 Å². The molecule has 0 amide bonds. The molecule has 0 radical (unpaired) electrons. The number of para-hydroxylation sites is 1. The largest absolute Gasteiger partial charge is 0.332 e. The highest BCUT2D eigenvalue weighted by atomic mass is 32.1. The second-order valence-corrected chi connectivity index (χ2v) is 16.3. The third kappa shape index (κ3) is 5.38. The first kappa shape index (κ1) is 32.7. The molecule has 0 saturated heterocycles. The molecule has 0 bridgehead atoms. The molecule has 0 fully saturated rings. The van der Waals surface area contributed by atoms with Gasteiger partial charge in [-0.05, 0) is 113 Å². The molecule has 10 aromatic rings. The number of fused-ring (bicyclic) bond motifs is 7. The zero-order valence-electron chi connectivity index (χ0n) is 31.1. The van der Waals surface area contributed by atoms with E-state index in [-0.39, 0.29) is 5.54 Å². The second kappa shape index (κ2) is 13.0. The summed E-state index contributed by atoms with van der Waals surface area (Å²) >= 11 is 1.87. The molecule has 56 heavy (non-hydrogen) atoms. The van der Waals surface area contributed by atoms with Crippen molar-refractivity contribution in [1.82, 2.24) is 4.57 Å². The number of rotatable bonds is 6. The SMILES string of the molecule is CC1(N(c2ccc(-c3ccc4c(c3)c3ccccc3n4-c3ccc4ccccc4c3)cc2)c2ccc3sc4ccccc4c3c2)C=CC(c2ccccc2)=CC1. The summed E-state index contributed by atoms with van der Waals surface area (Å²) in [5, 5.41) is 7.65. The zero-order valence-corrected chi connectivity index (χ0v) is 31.9. The maximum Gasteiger partial charge on any atom is 0.0643 e. The van der Waals surface area contributed by atoms with Gasteiger partial charge in [-0.2, -0.15) is 0 Å². The average molecular weight is 735 g/mol. The summed E-state index contributed by atoms with van der Waals surface area (Å²) in [5.74, 6) is 0. The van der Waals surface area contributed by atoms with Gasteiger partial charge >= 0.3 is 0 Å². The minimum Gasteiger partial charge on any atom is -0.332 e. The van der Waals surface area contributed by atoms with E-state index >= 15 is 0 Å². The van der Waals surface area contributed by atoms with Gasteiger partial charge in [-0.3, -0.25) is 0 Å². The van der Waals surface area contributed by atoms with Crippen LogP contribution >= 0.6 is 11.3 Å². The average Bonchev–Trinajstić information content (AvgIpc) is 3.79. The highest BCUT2D eigenvalue weighted by molar-refractivity contribution is 7.25. The Labute approximate surface area is 330 Å². The summed E-state index contributed by atoms with van der Waals surface area (Å²) < 4.78 is 5.05. The molecular weight excluding hydrogens is 697 g/mol.